The van der Waals surface area contributed by atoms with Crippen molar-refractivity contribution < 1.29 is 14.7 Å². The Labute approximate surface area is 120 Å². The van der Waals surface area contributed by atoms with Crippen molar-refractivity contribution in [1.82, 2.24) is 10.3 Å². The molecular weight excluding hydrogens is 312 g/mol. The largest absolute Gasteiger partial charge is 0.481 e. The summed E-state index contributed by atoms with van der Waals surface area (Å²) in [4.78, 5) is 26.9. The highest BCUT2D eigenvalue weighted by molar-refractivity contribution is 9.10. The van der Waals surface area contributed by atoms with Crippen LogP contribution in [0.5, 0.6) is 0 Å². The van der Waals surface area contributed by atoms with Crippen LogP contribution in [0.25, 0.3) is 0 Å². The van der Waals surface area contributed by atoms with Gasteiger partial charge in [-0.25, -0.2) is 4.98 Å². The van der Waals surface area contributed by atoms with Crippen LogP contribution < -0.4 is 5.32 Å². The van der Waals surface area contributed by atoms with Crippen LogP contribution in [0, 0.1) is 11.8 Å². The predicted molar refractivity (Wildman–Crippen MR) is 74.9 cm³/mol. The minimum Gasteiger partial charge on any atom is -0.481 e. The molecule has 1 heterocycles. The molecule has 0 aliphatic rings. The molecule has 1 aromatic rings. The SMILES string of the molecule is CC(C)CC(CNC(=O)c1ncccc1Br)C(=O)O. The molecule has 1 amide bonds. The van der Waals surface area contributed by atoms with Crippen LogP contribution in [0.3, 0.4) is 0 Å². The fraction of sp³-hybridized carbons (Fsp3) is 0.462. The summed E-state index contributed by atoms with van der Waals surface area (Å²) in [6, 6.07) is 3.42. The molecule has 19 heavy (non-hydrogen) atoms. The second kappa shape index (κ2) is 7.23. The molecule has 1 rings (SSSR count). The average molecular weight is 329 g/mol. The molecule has 0 bridgehead atoms. The fourth-order valence-electron chi connectivity index (χ4n) is 1.69. The Morgan fingerprint density at radius 3 is 2.68 bits per heavy atom. The summed E-state index contributed by atoms with van der Waals surface area (Å²) >= 11 is 3.23. The molecule has 6 heteroatoms. The molecule has 0 fully saturated rings. The number of aromatic nitrogens is 1. The van der Waals surface area contributed by atoms with Gasteiger partial charge in [0.1, 0.15) is 5.69 Å². The van der Waals surface area contributed by atoms with Crippen molar-refractivity contribution in [2.24, 2.45) is 11.8 Å². The number of hydrogen-bond acceptors (Lipinski definition) is 3. The lowest BCUT2D eigenvalue weighted by Crippen LogP contribution is -2.34. The predicted octanol–water partition coefficient (Wildman–Crippen LogP) is 2.32. The van der Waals surface area contributed by atoms with Gasteiger partial charge in [-0.1, -0.05) is 13.8 Å². The van der Waals surface area contributed by atoms with E-state index in [-0.39, 0.29) is 24.1 Å². The zero-order valence-corrected chi connectivity index (χ0v) is 12.5. The average Bonchev–Trinajstić information content (AvgIpc) is 2.34. The van der Waals surface area contributed by atoms with Gasteiger partial charge in [-0.05, 0) is 40.4 Å². The lowest BCUT2D eigenvalue weighted by atomic mass is 9.97. The van der Waals surface area contributed by atoms with E-state index in [0.29, 0.717) is 10.9 Å². The molecule has 0 saturated carbocycles. The number of hydrogen-bond donors (Lipinski definition) is 2. The zero-order valence-electron chi connectivity index (χ0n) is 10.9. The maximum absolute atomic E-state index is 11.9. The van der Waals surface area contributed by atoms with Gasteiger partial charge in [0.2, 0.25) is 0 Å². The van der Waals surface area contributed by atoms with Gasteiger partial charge >= 0.3 is 5.97 Å². The van der Waals surface area contributed by atoms with Crippen LogP contribution in [0.15, 0.2) is 22.8 Å². The van der Waals surface area contributed by atoms with Gasteiger partial charge in [-0.2, -0.15) is 0 Å². The van der Waals surface area contributed by atoms with E-state index in [2.05, 4.69) is 26.2 Å². The van der Waals surface area contributed by atoms with E-state index in [4.69, 9.17) is 5.11 Å². The molecular formula is C13H17BrN2O3. The van der Waals surface area contributed by atoms with Crippen molar-refractivity contribution in [1.29, 1.82) is 0 Å². The number of aliphatic carboxylic acids is 1. The van der Waals surface area contributed by atoms with Crippen molar-refractivity contribution in [3.05, 3.63) is 28.5 Å². The molecule has 1 aromatic heterocycles. The lowest BCUT2D eigenvalue weighted by molar-refractivity contribution is -0.142. The summed E-state index contributed by atoms with van der Waals surface area (Å²) in [7, 11) is 0. The van der Waals surface area contributed by atoms with Gasteiger partial charge in [-0.3, -0.25) is 9.59 Å². The summed E-state index contributed by atoms with van der Waals surface area (Å²) < 4.78 is 0.586. The number of nitrogens with zero attached hydrogens (tertiary/aromatic N) is 1. The molecule has 0 spiro atoms. The molecule has 104 valence electrons. The van der Waals surface area contributed by atoms with Gasteiger partial charge in [0.15, 0.2) is 0 Å². The lowest BCUT2D eigenvalue weighted by Gasteiger charge is -2.15. The second-order valence-corrected chi connectivity index (χ2v) is 5.56. The number of carbonyl (C=O) groups is 2. The van der Waals surface area contributed by atoms with E-state index in [9.17, 15) is 9.59 Å². The van der Waals surface area contributed by atoms with Crippen molar-refractivity contribution in [2.45, 2.75) is 20.3 Å². The van der Waals surface area contributed by atoms with E-state index in [1.165, 1.54) is 6.20 Å². The first-order valence-electron chi connectivity index (χ1n) is 6.03. The number of amides is 1. The zero-order chi connectivity index (χ0) is 14.4. The highest BCUT2D eigenvalue weighted by atomic mass is 79.9. The summed E-state index contributed by atoms with van der Waals surface area (Å²) in [6.07, 6.45) is 2.04. The maximum atomic E-state index is 11.9. The van der Waals surface area contributed by atoms with Crippen LogP contribution in [0.4, 0.5) is 0 Å². The Morgan fingerprint density at radius 1 is 1.47 bits per heavy atom. The minimum atomic E-state index is -0.894. The van der Waals surface area contributed by atoms with Gasteiger partial charge in [-0.15, -0.1) is 0 Å². The molecule has 5 nitrogen and oxygen atoms in total. The van der Waals surface area contributed by atoms with Crippen LogP contribution in [-0.2, 0) is 4.79 Å². The summed E-state index contributed by atoms with van der Waals surface area (Å²) in [5, 5.41) is 11.7. The molecule has 0 saturated heterocycles. The van der Waals surface area contributed by atoms with Gasteiger partial charge in [0.05, 0.1) is 5.92 Å². The van der Waals surface area contributed by atoms with E-state index < -0.39 is 11.9 Å². The van der Waals surface area contributed by atoms with Crippen LogP contribution >= 0.6 is 15.9 Å². The quantitative estimate of drug-likeness (QED) is 0.839. The Balaban J connectivity index is 2.62. The van der Waals surface area contributed by atoms with Crippen LogP contribution in [-0.4, -0.2) is 28.5 Å². The number of halogens is 1. The second-order valence-electron chi connectivity index (χ2n) is 4.71. The molecule has 0 radical (unpaired) electrons. The number of carboxylic acid groups (broad SMARTS) is 1. The van der Waals surface area contributed by atoms with Crippen LogP contribution in [0.2, 0.25) is 0 Å². The Kier molecular flexibility index (Phi) is 5.95. The summed E-state index contributed by atoms with van der Waals surface area (Å²) in [5.74, 6) is -1.58. The normalized spacial score (nSPS) is 12.2. The first-order valence-corrected chi connectivity index (χ1v) is 6.82. The van der Waals surface area contributed by atoms with Gasteiger partial charge in [0.25, 0.3) is 5.91 Å². The first kappa shape index (κ1) is 15.6. The van der Waals surface area contributed by atoms with Gasteiger partial charge < -0.3 is 10.4 Å². The number of carbonyl (C=O) groups excluding carboxylic acids is 1. The van der Waals surface area contributed by atoms with Crippen molar-refractivity contribution in [3.8, 4) is 0 Å². The standard InChI is InChI=1S/C13H17BrN2O3/c1-8(2)6-9(13(18)19)7-16-12(17)11-10(14)4-3-5-15-11/h3-5,8-9H,6-7H2,1-2H3,(H,16,17)(H,18,19). The summed E-state index contributed by atoms with van der Waals surface area (Å²) in [5.41, 5.74) is 0.260. The third kappa shape index (κ3) is 4.98. The third-order valence-electron chi connectivity index (χ3n) is 2.59. The Hall–Kier alpha value is -1.43. The van der Waals surface area contributed by atoms with E-state index in [1.54, 1.807) is 12.1 Å². The smallest absolute Gasteiger partial charge is 0.308 e. The number of nitrogens with one attached hydrogen (secondary N) is 1. The van der Waals surface area contributed by atoms with E-state index >= 15 is 0 Å². The first-order chi connectivity index (χ1) is 8.91. The topological polar surface area (TPSA) is 79.3 Å². The maximum Gasteiger partial charge on any atom is 0.308 e. The van der Waals surface area contributed by atoms with Crippen molar-refractivity contribution in [3.63, 3.8) is 0 Å². The molecule has 2 N–H and O–H groups in total. The molecule has 1 unspecified atom stereocenters. The Bertz CT molecular complexity index is 463. The Morgan fingerprint density at radius 2 is 2.16 bits per heavy atom. The third-order valence-corrected chi connectivity index (χ3v) is 3.23. The highest BCUT2D eigenvalue weighted by Crippen LogP contribution is 2.14. The highest BCUT2D eigenvalue weighted by Gasteiger charge is 2.20. The number of rotatable bonds is 6. The van der Waals surface area contributed by atoms with Crippen molar-refractivity contribution >= 4 is 27.8 Å². The monoisotopic (exact) mass is 328 g/mol. The molecule has 0 aliphatic carbocycles. The van der Waals surface area contributed by atoms with E-state index in [1.807, 2.05) is 13.8 Å². The van der Waals surface area contributed by atoms with Gasteiger partial charge in [0, 0.05) is 17.2 Å². The van der Waals surface area contributed by atoms with Crippen molar-refractivity contribution in [2.75, 3.05) is 6.54 Å². The molecule has 0 aromatic carbocycles. The minimum absolute atomic E-state index is 0.107. The molecule has 1 atom stereocenters. The number of pyridine rings is 1. The van der Waals surface area contributed by atoms with E-state index in [0.717, 1.165) is 0 Å². The summed E-state index contributed by atoms with van der Waals surface area (Å²) in [6.45, 7) is 4.01. The number of carboxylic acids is 1. The fourth-order valence-corrected chi connectivity index (χ4v) is 2.13. The molecule has 0 aliphatic heterocycles. The van der Waals surface area contributed by atoms with Crippen LogP contribution in [0.1, 0.15) is 30.8 Å².